The van der Waals surface area contributed by atoms with Gasteiger partial charge in [-0.3, -0.25) is 0 Å². The van der Waals surface area contributed by atoms with E-state index in [4.69, 9.17) is 15.7 Å². The second kappa shape index (κ2) is 3.45. The monoisotopic (exact) mass is 190 g/mol. The summed E-state index contributed by atoms with van der Waals surface area (Å²) in [5.41, 5.74) is -0.279. The van der Waals surface area contributed by atoms with Gasteiger partial charge in [0.25, 0.3) is 0 Å². The average Bonchev–Trinajstić information content (AvgIpc) is 2.06. The van der Waals surface area contributed by atoms with Crippen molar-refractivity contribution in [1.82, 2.24) is 0 Å². The lowest BCUT2D eigenvalue weighted by atomic mass is 10.2. The van der Waals surface area contributed by atoms with Crippen LogP contribution in [0.5, 0.6) is 5.75 Å². The van der Waals surface area contributed by atoms with Crippen LogP contribution in [0.1, 0.15) is 14.5 Å². The first-order valence-corrected chi connectivity index (χ1v) is 3.39. The predicted octanol–water partition coefficient (Wildman–Crippen LogP) is 1.83. The minimum absolute atomic E-state index is 0.199. The van der Waals surface area contributed by atoms with E-state index in [1.807, 2.05) is 0 Å². The van der Waals surface area contributed by atoms with Gasteiger partial charge < -0.3 is 9.84 Å². The van der Waals surface area contributed by atoms with Gasteiger partial charge >= 0.3 is 5.97 Å². The number of phenolic OH excluding ortho intramolecular Hbond substituents is 1. The van der Waals surface area contributed by atoms with Gasteiger partial charge in [0, 0.05) is 5.02 Å². The van der Waals surface area contributed by atoms with Crippen molar-refractivity contribution in [1.29, 1.82) is 0 Å². The van der Waals surface area contributed by atoms with Crippen LogP contribution in [0, 0.1) is 0 Å². The van der Waals surface area contributed by atoms with Crippen molar-refractivity contribution in [2.75, 3.05) is 7.04 Å². The largest absolute Gasteiger partial charge is 0.507 e. The van der Waals surface area contributed by atoms with Crippen LogP contribution in [-0.2, 0) is 4.74 Å². The van der Waals surface area contributed by atoms with Crippen LogP contribution in [0.4, 0.5) is 0 Å². The Labute approximate surface area is 78.7 Å². The minimum Gasteiger partial charge on any atom is -0.507 e. The molecule has 3 nitrogen and oxygen atoms in total. The molecule has 64 valence electrons. The summed E-state index contributed by atoms with van der Waals surface area (Å²) in [6, 6.07) is 3.67. The van der Waals surface area contributed by atoms with E-state index in [1.165, 1.54) is 12.1 Å². The molecule has 0 aromatic heterocycles. The van der Waals surface area contributed by atoms with Crippen molar-refractivity contribution in [3.63, 3.8) is 0 Å². The Bertz CT molecular complexity index is 389. The lowest BCUT2D eigenvalue weighted by molar-refractivity contribution is 0.0597. The highest BCUT2D eigenvalue weighted by Gasteiger charge is 2.10. The molecule has 1 N–H and O–H groups in total. The van der Waals surface area contributed by atoms with E-state index in [2.05, 4.69) is 4.74 Å². The predicted molar refractivity (Wildman–Crippen MR) is 44.5 cm³/mol. The molecule has 0 saturated heterocycles. The lowest BCUT2D eigenvalue weighted by Gasteiger charge is -2.01. The summed E-state index contributed by atoms with van der Waals surface area (Å²) in [4.78, 5) is 11.2. The molecule has 0 heterocycles. The molecule has 0 saturated carbocycles. The maximum Gasteiger partial charge on any atom is 0.341 e. The molecule has 4 heteroatoms. The first-order valence-electron chi connectivity index (χ1n) is 4.51. The molecule has 1 aromatic rings. The van der Waals surface area contributed by atoms with Crippen LogP contribution in [0.3, 0.4) is 0 Å². The summed E-state index contributed by atoms with van der Waals surface area (Å²) in [7, 11) is -2.84. The maximum absolute atomic E-state index is 11.2. The van der Waals surface area contributed by atoms with E-state index in [9.17, 15) is 9.90 Å². The molecule has 0 amide bonds. The number of benzene rings is 1. The van der Waals surface area contributed by atoms with Crippen molar-refractivity contribution in [2.24, 2.45) is 0 Å². The molecule has 1 aromatic carbocycles. The standard InChI is InChI=1S/C8H7ClO3/c1-12-8(11)6-4-5(9)2-3-7(6)10/h2-4,10H,1H3/i1+1D3. The van der Waals surface area contributed by atoms with E-state index in [1.54, 1.807) is 0 Å². The Balaban J connectivity index is 2.96. The van der Waals surface area contributed by atoms with Crippen molar-refractivity contribution < 1.29 is 18.8 Å². The second-order valence-electron chi connectivity index (χ2n) is 2.05. The number of ether oxygens (including phenoxy) is 1. The van der Waals surface area contributed by atoms with Crippen molar-refractivity contribution >= 4 is 17.6 Å². The van der Waals surface area contributed by atoms with Crippen LogP contribution in [0.25, 0.3) is 0 Å². The van der Waals surface area contributed by atoms with Crippen LogP contribution in [0.15, 0.2) is 18.2 Å². The zero-order valence-electron chi connectivity index (χ0n) is 8.87. The molecule has 0 bridgehead atoms. The van der Waals surface area contributed by atoms with Crippen molar-refractivity contribution in [3.05, 3.63) is 28.8 Å². The van der Waals surface area contributed by atoms with Crippen molar-refractivity contribution in [3.8, 4) is 5.75 Å². The van der Waals surface area contributed by atoms with Gasteiger partial charge in [0.2, 0.25) is 0 Å². The van der Waals surface area contributed by atoms with Gasteiger partial charge in [-0.1, -0.05) is 11.6 Å². The van der Waals surface area contributed by atoms with Gasteiger partial charge in [-0.2, -0.15) is 0 Å². The fourth-order valence-electron chi connectivity index (χ4n) is 0.727. The summed E-state index contributed by atoms with van der Waals surface area (Å²) < 4.78 is 24.2. The van der Waals surface area contributed by atoms with Crippen LogP contribution < -0.4 is 0 Å². The molecule has 0 spiro atoms. The number of esters is 1. The first-order chi connectivity index (χ1) is 6.79. The zero-order chi connectivity index (χ0) is 11.6. The highest BCUT2D eigenvalue weighted by molar-refractivity contribution is 6.31. The Morgan fingerprint density at radius 3 is 3.17 bits per heavy atom. The fraction of sp³-hybridized carbons (Fsp3) is 0.125. The van der Waals surface area contributed by atoms with Crippen LogP contribution >= 0.6 is 11.6 Å². The molecule has 0 atom stereocenters. The number of halogens is 1. The Kier molecular flexibility index (Phi) is 1.56. The lowest BCUT2D eigenvalue weighted by Crippen LogP contribution is -2.00. The highest BCUT2D eigenvalue weighted by atomic mass is 35.5. The minimum atomic E-state index is -2.84. The number of hydrogen-bond acceptors (Lipinski definition) is 3. The van der Waals surface area contributed by atoms with Crippen LogP contribution in [-0.4, -0.2) is 18.1 Å². The van der Waals surface area contributed by atoms with E-state index in [-0.39, 0.29) is 16.3 Å². The number of aromatic hydroxyl groups is 1. The molecule has 0 aliphatic rings. The molecule has 0 radical (unpaired) electrons. The molecule has 0 aliphatic heterocycles. The summed E-state index contributed by atoms with van der Waals surface area (Å²) in [5.74, 6) is -1.52. The third-order valence-electron chi connectivity index (χ3n) is 1.27. The summed E-state index contributed by atoms with van der Waals surface area (Å²) in [6.07, 6.45) is 0. The topological polar surface area (TPSA) is 46.5 Å². The highest BCUT2D eigenvalue weighted by Crippen LogP contribution is 2.21. The average molecular weight is 191 g/mol. The van der Waals surface area contributed by atoms with Crippen LogP contribution in [0.2, 0.25) is 5.02 Å². The number of methoxy groups -OCH3 is 1. The number of hydrogen-bond donors (Lipinski definition) is 1. The number of phenols is 1. The number of rotatable bonds is 1. The number of carbonyl (C=O) groups excluding carboxylic acids is 1. The quantitative estimate of drug-likeness (QED) is 0.543. The molecule has 12 heavy (non-hydrogen) atoms. The number of carbonyl (C=O) groups is 1. The van der Waals surface area contributed by atoms with E-state index < -0.39 is 13.0 Å². The van der Waals surface area contributed by atoms with Gasteiger partial charge in [-0.05, 0) is 18.2 Å². The second-order valence-corrected chi connectivity index (χ2v) is 2.49. The molecule has 0 aliphatic carbocycles. The maximum atomic E-state index is 11.2. The van der Waals surface area contributed by atoms with Gasteiger partial charge in [0.15, 0.2) is 0 Å². The summed E-state index contributed by atoms with van der Waals surface area (Å²) >= 11 is 5.57. The third kappa shape index (κ3) is 1.68. The summed E-state index contributed by atoms with van der Waals surface area (Å²) in [6.45, 7) is 0. The van der Waals surface area contributed by atoms with E-state index in [0.29, 0.717) is 0 Å². The molecular formula is C8H7ClO3. The van der Waals surface area contributed by atoms with Gasteiger partial charge in [-0.25, -0.2) is 4.79 Å². The fourth-order valence-corrected chi connectivity index (χ4v) is 0.899. The van der Waals surface area contributed by atoms with Gasteiger partial charge in [0.05, 0.1) is 11.2 Å². The van der Waals surface area contributed by atoms with Gasteiger partial charge in [0.1, 0.15) is 11.3 Å². The molecular weight excluding hydrogens is 181 g/mol. The molecule has 1 rings (SSSR count). The Morgan fingerprint density at radius 2 is 2.50 bits per heavy atom. The Morgan fingerprint density at radius 1 is 1.75 bits per heavy atom. The van der Waals surface area contributed by atoms with E-state index in [0.717, 1.165) is 6.07 Å². The first kappa shape index (κ1) is 5.43. The molecule has 0 fully saturated rings. The molecule has 0 unspecified atom stereocenters. The van der Waals surface area contributed by atoms with Gasteiger partial charge in [-0.15, -0.1) is 0 Å². The normalized spacial score (nSPS) is 14.2. The summed E-state index contributed by atoms with van der Waals surface area (Å²) in [5, 5.41) is 9.46. The smallest absolute Gasteiger partial charge is 0.341 e. The third-order valence-corrected chi connectivity index (χ3v) is 1.51. The SMILES string of the molecule is [2H][13C]([2H])([2H])OC(=O)c1cc(Cl)ccc1O. The zero-order valence-corrected chi connectivity index (χ0v) is 6.63. The van der Waals surface area contributed by atoms with Crippen molar-refractivity contribution in [2.45, 2.75) is 0 Å². The van der Waals surface area contributed by atoms with E-state index >= 15 is 0 Å². The Hall–Kier alpha value is -1.22.